The van der Waals surface area contributed by atoms with E-state index in [1.54, 1.807) is 29.6 Å². The summed E-state index contributed by atoms with van der Waals surface area (Å²) < 4.78 is 33.8. The zero-order valence-corrected chi connectivity index (χ0v) is 20.3. The summed E-state index contributed by atoms with van der Waals surface area (Å²) in [4.78, 5) is 20.4. The number of benzene rings is 1. The van der Waals surface area contributed by atoms with Gasteiger partial charge in [-0.05, 0) is 50.8 Å². The van der Waals surface area contributed by atoms with Crippen LogP contribution in [0.2, 0.25) is 0 Å². The molecule has 3 aromatic rings. The second-order valence-electron chi connectivity index (χ2n) is 7.92. The molecule has 8 nitrogen and oxygen atoms in total. The summed E-state index contributed by atoms with van der Waals surface area (Å²) in [6, 6.07) is 4.78. The highest BCUT2D eigenvalue weighted by atomic mass is 32.2. The molecule has 0 radical (unpaired) electrons. The van der Waals surface area contributed by atoms with Gasteiger partial charge in [0.1, 0.15) is 11.6 Å². The van der Waals surface area contributed by atoms with Crippen molar-refractivity contribution in [3.05, 3.63) is 40.1 Å². The van der Waals surface area contributed by atoms with Crippen molar-refractivity contribution in [2.45, 2.75) is 76.9 Å². The van der Waals surface area contributed by atoms with Gasteiger partial charge in [-0.3, -0.25) is 4.79 Å². The summed E-state index contributed by atoms with van der Waals surface area (Å²) in [5.74, 6) is 1.43. The normalized spacial score (nSPS) is 12.1. The van der Waals surface area contributed by atoms with E-state index in [9.17, 15) is 13.2 Å². The molecule has 0 aliphatic heterocycles. The summed E-state index contributed by atoms with van der Waals surface area (Å²) in [5.41, 5.74) is 1.13. The van der Waals surface area contributed by atoms with Crippen molar-refractivity contribution in [3.8, 4) is 17.1 Å². The number of ether oxygens (including phenoxy) is 1. The number of aryl methyl sites for hydroxylation is 2. The summed E-state index contributed by atoms with van der Waals surface area (Å²) in [5, 5.41) is 4.17. The Morgan fingerprint density at radius 3 is 2.47 bits per heavy atom. The molecule has 0 aliphatic carbocycles. The van der Waals surface area contributed by atoms with Crippen molar-refractivity contribution >= 4 is 15.4 Å². The number of nitrogens with zero attached hydrogens (tertiary/aromatic N) is 3. The third kappa shape index (κ3) is 4.44. The van der Waals surface area contributed by atoms with Crippen LogP contribution in [0.4, 0.5) is 0 Å². The Hall–Kier alpha value is -2.68. The van der Waals surface area contributed by atoms with E-state index < -0.39 is 15.1 Å². The first-order valence-electron chi connectivity index (χ1n) is 11.3. The summed E-state index contributed by atoms with van der Waals surface area (Å²) in [6.07, 6.45) is 3.37. The van der Waals surface area contributed by atoms with Gasteiger partial charge in [-0.15, -0.1) is 5.10 Å². The lowest BCUT2D eigenvalue weighted by molar-refractivity contribution is 0.318. The SMILES string of the molecule is CCCOc1ccc(S(=O)(=O)C(CC)CC)cc1-c1nn2c(CCC)nc(C)c2c(=O)[nH]1. The molecule has 0 unspecified atom stereocenters. The minimum atomic E-state index is -3.53. The standard InChI is InChI=1S/C23H32N4O4S/c1-6-10-20-24-15(5)21-23(28)25-22(26-27(20)21)18-14-17(11-12-19(18)31-13-7-2)32(29,30)16(8-3)9-4/h11-12,14,16H,6-10,13H2,1-5H3,(H,25,26,28). The first kappa shape index (κ1) is 24.0. The van der Waals surface area contributed by atoms with Crippen molar-refractivity contribution in [2.24, 2.45) is 0 Å². The average Bonchev–Trinajstić information content (AvgIpc) is 3.08. The third-order valence-corrected chi connectivity index (χ3v) is 8.02. The maximum absolute atomic E-state index is 13.2. The zero-order chi connectivity index (χ0) is 23.5. The molecule has 1 N–H and O–H groups in total. The summed E-state index contributed by atoms with van der Waals surface area (Å²) in [6.45, 7) is 10.0. The monoisotopic (exact) mass is 460 g/mol. The minimum absolute atomic E-state index is 0.198. The number of H-pyrrole nitrogens is 1. The molecular weight excluding hydrogens is 428 g/mol. The second kappa shape index (κ2) is 9.85. The molecule has 0 saturated heterocycles. The Balaban J connectivity index is 2.26. The van der Waals surface area contributed by atoms with E-state index in [1.807, 2.05) is 27.7 Å². The van der Waals surface area contributed by atoms with E-state index in [4.69, 9.17) is 4.74 Å². The van der Waals surface area contributed by atoms with Crippen molar-refractivity contribution in [3.63, 3.8) is 0 Å². The van der Waals surface area contributed by atoms with Crippen molar-refractivity contribution in [2.75, 3.05) is 6.61 Å². The largest absolute Gasteiger partial charge is 0.493 e. The van der Waals surface area contributed by atoms with Gasteiger partial charge >= 0.3 is 0 Å². The minimum Gasteiger partial charge on any atom is -0.493 e. The Labute approximate surface area is 189 Å². The van der Waals surface area contributed by atoms with Crippen molar-refractivity contribution in [1.82, 2.24) is 19.6 Å². The summed E-state index contributed by atoms with van der Waals surface area (Å²) in [7, 11) is -3.53. The maximum atomic E-state index is 13.2. The van der Waals surface area contributed by atoms with Gasteiger partial charge < -0.3 is 9.72 Å². The molecular formula is C23H32N4O4S. The molecule has 174 valence electrons. The zero-order valence-electron chi connectivity index (χ0n) is 19.4. The quantitative estimate of drug-likeness (QED) is 0.488. The van der Waals surface area contributed by atoms with Gasteiger partial charge in [0.2, 0.25) is 0 Å². The van der Waals surface area contributed by atoms with Crippen LogP contribution in [-0.2, 0) is 16.3 Å². The second-order valence-corrected chi connectivity index (χ2v) is 10.1. The van der Waals surface area contributed by atoms with E-state index in [0.717, 1.165) is 12.8 Å². The number of aromatic nitrogens is 4. The van der Waals surface area contributed by atoms with Gasteiger partial charge in [0.15, 0.2) is 21.2 Å². The van der Waals surface area contributed by atoms with Gasteiger partial charge in [0.25, 0.3) is 5.56 Å². The number of rotatable bonds is 10. The van der Waals surface area contributed by atoms with Crippen LogP contribution in [-0.4, -0.2) is 39.9 Å². The fourth-order valence-corrected chi connectivity index (χ4v) is 5.67. The number of hydrogen-bond donors (Lipinski definition) is 1. The smallest absolute Gasteiger partial charge is 0.277 e. The maximum Gasteiger partial charge on any atom is 0.277 e. The van der Waals surface area contributed by atoms with Crippen LogP contribution in [0.5, 0.6) is 5.75 Å². The fraction of sp³-hybridized carbons (Fsp3) is 0.522. The van der Waals surface area contributed by atoms with Gasteiger partial charge in [0.05, 0.1) is 28.0 Å². The number of aromatic amines is 1. The highest BCUT2D eigenvalue weighted by Gasteiger charge is 2.26. The lowest BCUT2D eigenvalue weighted by Gasteiger charge is -2.16. The van der Waals surface area contributed by atoms with E-state index >= 15 is 0 Å². The molecule has 1 aromatic carbocycles. The van der Waals surface area contributed by atoms with Crippen LogP contribution in [0, 0.1) is 6.92 Å². The molecule has 0 aliphatic rings. The number of hydrogen-bond acceptors (Lipinski definition) is 6. The van der Waals surface area contributed by atoms with Crippen LogP contribution < -0.4 is 10.3 Å². The molecule has 9 heteroatoms. The lowest BCUT2D eigenvalue weighted by atomic mass is 10.2. The molecule has 0 fully saturated rings. The third-order valence-electron chi connectivity index (χ3n) is 5.56. The van der Waals surface area contributed by atoms with E-state index in [-0.39, 0.29) is 16.3 Å². The van der Waals surface area contributed by atoms with E-state index in [0.29, 0.717) is 54.2 Å². The van der Waals surface area contributed by atoms with Gasteiger partial charge in [0, 0.05) is 6.42 Å². The Morgan fingerprint density at radius 1 is 1.12 bits per heavy atom. The Kier molecular flexibility index (Phi) is 7.38. The van der Waals surface area contributed by atoms with Crippen LogP contribution in [0.1, 0.15) is 64.9 Å². The van der Waals surface area contributed by atoms with E-state index in [2.05, 4.69) is 15.1 Å². The van der Waals surface area contributed by atoms with Gasteiger partial charge in [-0.1, -0.05) is 27.7 Å². The number of imidazole rings is 1. The fourth-order valence-electron chi connectivity index (χ4n) is 3.87. The molecule has 2 heterocycles. The molecule has 0 bridgehead atoms. The molecule has 0 saturated carbocycles. The first-order chi connectivity index (χ1) is 15.3. The predicted octanol–water partition coefficient (Wildman–Crippen LogP) is 4.10. The van der Waals surface area contributed by atoms with Crippen LogP contribution >= 0.6 is 0 Å². The highest BCUT2D eigenvalue weighted by molar-refractivity contribution is 7.92. The van der Waals surface area contributed by atoms with Crippen LogP contribution in [0.3, 0.4) is 0 Å². The van der Waals surface area contributed by atoms with Gasteiger partial charge in [-0.2, -0.15) is 0 Å². The van der Waals surface area contributed by atoms with Crippen LogP contribution in [0.15, 0.2) is 27.9 Å². The number of fused-ring (bicyclic) bond motifs is 1. The lowest BCUT2D eigenvalue weighted by Crippen LogP contribution is -2.20. The molecule has 32 heavy (non-hydrogen) atoms. The molecule has 2 aromatic heterocycles. The predicted molar refractivity (Wildman–Crippen MR) is 125 cm³/mol. The van der Waals surface area contributed by atoms with E-state index in [1.165, 1.54) is 0 Å². The Bertz CT molecular complexity index is 1260. The average molecular weight is 461 g/mol. The van der Waals surface area contributed by atoms with Crippen molar-refractivity contribution in [1.29, 1.82) is 0 Å². The highest BCUT2D eigenvalue weighted by Crippen LogP contribution is 2.32. The number of nitrogens with one attached hydrogen (secondary N) is 1. The summed E-state index contributed by atoms with van der Waals surface area (Å²) >= 11 is 0. The molecule has 3 rings (SSSR count). The first-order valence-corrected chi connectivity index (χ1v) is 12.8. The van der Waals surface area contributed by atoms with Crippen molar-refractivity contribution < 1.29 is 13.2 Å². The van der Waals surface area contributed by atoms with Crippen LogP contribution in [0.25, 0.3) is 16.9 Å². The molecule has 0 atom stereocenters. The van der Waals surface area contributed by atoms with Gasteiger partial charge in [-0.25, -0.2) is 17.9 Å². The number of sulfone groups is 1. The topological polar surface area (TPSA) is 106 Å². The Morgan fingerprint density at radius 2 is 1.84 bits per heavy atom. The molecule has 0 amide bonds. The molecule has 0 spiro atoms.